The third-order valence-electron chi connectivity index (χ3n) is 2.43. The molecule has 1 atom stereocenters. The Balaban J connectivity index is 1.95. The molecule has 0 spiro atoms. The Kier molecular flexibility index (Phi) is 4.24. The second kappa shape index (κ2) is 5.90. The highest BCUT2D eigenvalue weighted by molar-refractivity contribution is 7.09. The van der Waals surface area contributed by atoms with E-state index in [4.69, 9.17) is 5.73 Å². The number of nitrogens with two attached hydrogens (primary N) is 1. The van der Waals surface area contributed by atoms with Crippen LogP contribution in [-0.4, -0.2) is 10.9 Å². The Labute approximate surface area is 114 Å². The lowest BCUT2D eigenvalue weighted by Crippen LogP contribution is -2.14. The van der Waals surface area contributed by atoms with Crippen LogP contribution in [0.15, 0.2) is 29.6 Å². The standard InChI is InChI=1S/C13H14FN3OS/c1-8(15)13-17-11(7-19-13)6-12(18)16-10-4-2-9(14)3-5-10/h2-5,7-8H,6,15H2,1H3,(H,16,18). The highest BCUT2D eigenvalue weighted by Gasteiger charge is 2.10. The average Bonchev–Trinajstić information content (AvgIpc) is 2.80. The summed E-state index contributed by atoms with van der Waals surface area (Å²) in [5.74, 6) is -0.521. The largest absolute Gasteiger partial charge is 0.326 e. The number of anilines is 1. The second-order valence-corrected chi connectivity index (χ2v) is 5.09. The van der Waals surface area contributed by atoms with E-state index in [0.29, 0.717) is 11.4 Å². The molecule has 1 amide bonds. The lowest BCUT2D eigenvalue weighted by molar-refractivity contribution is -0.115. The number of nitrogens with zero attached hydrogens (tertiary/aromatic N) is 1. The quantitative estimate of drug-likeness (QED) is 0.903. The number of aromatic nitrogens is 1. The normalized spacial score (nSPS) is 12.2. The number of rotatable bonds is 4. The fourth-order valence-corrected chi connectivity index (χ4v) is 2.29. The predicted octanol–water partition coefficient (Wildman–Crippen LogP) is 2.48. The molecular formula is C13H14FN3OS. The van der Waals surface area contributed by atoms with Crippen molar-refractivity contribution >= 4 is 22.9 Å². The summed E-state index contributed by atoms with van der Waals surface area (Å²) in [4.78, 5) is 16.1. The maximum atomic E-state index is 12.7. The summed E-state index contributed by atoms with van der Waals surface area (Å²) >= 11 is 1.44. The van der Waals surface area contributed by atoms with Gasteiger partial charge in [0.1, 0.15) is 10.8 Å². The molecule has 1 unspecified atom stereocenters. The minimum absolute atomic E-state index is 0.126. The van der Waals surface area contributed by atoms with Gasteiger partial charge in [0, 0.05) is 11.1 Å². The van der Waals surface area contributed by atoms with Crippen LogP contribution in [0.5, 0.6) is 0 Å². The molecule has 1 aromatic carbocycles. The summed E-state index contributed by atoms with van der Waals surface area (Å²) in [7, 11) is 0. The van der Waals surface area contributed by atoms with Crippen molar-refractivity contribution in [1.29, 1.82) is 0 Å². The molecule has 2 rings (SSSR count). The minimum atomic E-state index is -0.334. The first-order valence-electron chi connectivity index (χ1n) is 5.80. The zero-order chi connectivity index (χ0) is 13.8. The van der Waals surface area contributed by atoms with E-state index < -0.39 is 0 Å². The summed E-state index contributed by atoms with van der Waals surface area (Å²) in [5.41, 5.74) is 6.96. The molecule has 1 aromatic heterocycles. The van der Waals surface area contributed by atoms with Gasteiger partial charge in [0.15, 0.2) is 0 Å². The van der Waals surface area contributed by atoms with Gasteiger partial charge in [-0.05, 0) is 31.2 Å². The molecule has 0 saturated heterocycles. The van der Waals surface area contributed by atoms with Crippen LogP contribution in [0.25, 0.3) is 0 Å². The van der Waals surface area contributed by atoms with Crippen molar-refractivity contribution in [1.82, 2.24) is 4.98 Å². The molecule has 0 bridgehead atoms. The maximum Gasteiger partial charge on any atom is 0.230 e. The Morgan fingerprint density at radius 2 is 2.16 bits per heavy atom. The summed E-state index contributed by atoms with van der Waals surface area (Å²) < 4.78 is 12.7. The van der Waals surface area contributed by atoms with Gasteiger partial charge in [-0.15, -0.1) is 11.3 Å². The smallest absolute Gasteiger partial charge is 0.230 e. The van der Waals surface area contributed by atoms with Gasteiger partial charge in [-0.1, -0.05) is 0 Å². The van der Waals surface area contributed by atoms with Crippen molar-refractivity contribution in [2.75, 3.05) is 5.32 Å². The van der Waals surface area contributed by atoms with Crippen LogP contribution < -0.4 is 11.1 Å². The summed E-state index contributed by atoms with van der Waals surface area (Å²) in [6.45, 7) is 1.85. The van der Waals surface area contributed by atoms with Crippen molar-refractivity contribution < 1.29 is 9.18 Å². The van der Waals surface area contributed by atoms with Crippen LogP contribution in [0, 0.1) is 5.82 Å². The third kappa shape index (κ3) is 3.84. The number of hydrogen-bond donors (Lipinski definition) is 2. The van der Waals surface area contributed by atoms with Gasteiger partial charge in [-0.25, -0.2) is 9.37 Å². The summed E-state index contributed by atoms with van der Waals surface area (Å²) in [5, 5.41) is 5.32. The fourth-order valence-electron chi connectivity index (χ4n) is 1.52. The van der Waals surface area contributed by atoms with Gasteiger partial charge in [0.2, 0.25) is 5.91 Å². The second-order valence-electron chi connectivity index (χ2n) is 4.20. The zero-order valence-corrected chi connectivity index (χ0v) is 11.2. The molecule has 6 heteroatoms. The van der Waals surface area contributed by atoms with Crippen LogP contribution in [0.3, 0.4) is 0 Å². The van der Waals surface area contributed by atoms with E-state index >= 15 is 0 Å². The van der Waals surface area contributed by atoms with E-state index in [1.807, 2.05) is 12.3 Å². The number of hydrogen-bond acceptors (Lipinski definition) is 4. The lowest BCUT2D eigenvalue weighted by atomic mass is 10.2. The first kappa shape index (κ1) is 13.6. The van der Waals surface area contributed by atoms with E-state index in [1.165, 1.54) is 35.6 Å². The molecule has 100 valence electrons. The van der Waals surface area contributed by atoms with Crippen molar-refractivity contribution in [2.45, 2.75) is 19.4 Å². The molecule has 0 saturated carbocycles. The molecule has 0 fully saturated rings. The van der Waals surface area contributed by atoms with Gasteiger partial charge in [-0.3, -0.25) is 4.79 Å². The van der Waals surface area contributed by atoms with Gasteiger partial charge in [0.25, 0.3) is 0 Å². The number of amides is 1. The Morgan fingerprint density at radius 1 is 1.47 bits per heavy atom. The molecule has 0 radical (unpaired) electrons. The molecule has 2 aromatic rings. The fraction of sp³-hybridized carbons (Fsp3) is 0.231. The third-order valence-corrected chi connectivity index (χ3v) is 3.52. The molecule has 19 heavy (non-hydrogen) atoms. The molecule has 4 nitrogen and oxygen atoms in total. The number of nitrogens with one attached hydrogen (secondary N) is 1. The zero-order valence-electron chi connectivity index (χ0n) is 10.4. The maximum absolute atomic E-state index is 12.7. The SMILES string of the molecule is CC(N)c1nc(CC(=O)Nc2ccc(F)cc2)cs1. The van der Waals surface area contributed by atoms with Gasteiger partial charge in [-0.2, -0.15) is 0 Å². The highest BCUT2D eigenvalue weighted by Crippen LogP contribution is 2.16. The first-order valence-corrected chi connectivity index (χ1v) is 6.68. The van der Waals surface area contributed by atoms with Crippen molar-refractivity contribution in [3.63, 3.8) is 0 Å². The average molecular weight is 279 g/mol. The summed E-state index contributed by atoms with van der Waals surface area (Å²) in [6.07, 6.45) is 0.181. The van der Waals surface area contributed by atoms with Crippen molar-refractivity contribution in [3.05, 3.63) is 46.2 Å². The van der Waals surface area contributed by atoms with Gasteiger partial charge < -0.3 is 11.1 Å². The van der Waals surface area contributed by atoms with E-state index in [-0.39, 0.29) is 24.2 Å². The Bertz CT molecular complexity index is 566. The van der Waals surface area contributed by atoms with Gasteiger partial charge >= 0.3 is 0 Å². The van der Waals surface area contributed by atoms with Crippen LogP contribution in [-0.2, 0) is 11.2 Å². The first-order chi connectivity index (χ1) is 9.04. The van der Waals surface area contributed by atoms with Crippen LogP contribution in [0.1, 0.15) is 23.7 Å². The summed E-state index contributed by atoms with van der Waals surface area (Å²) in [6, 6.07) is 5.50. The molecule has 3 N–H and O–H groups in total. The molecule has 0 aliphatic carbocycles. The Hall–Kier alpha value is -1.79. The topological polar surface area (TPSA) is 68.0 Å². The number of thiazole rings is 1. The van der Waals surface area contributed by atoms with E-state index in [1.54, 1.807) is 0 Å². The monoisotopic (exact) mass is 279 g/mol. The van der Waals surface area contributed by atoms with E-state index in [2.05, 4.69) is 10.3 Å². The number of carbonyl (C=O) groups excluding carboxylic acids is 1. The van der Waals surface area contributed by atoms with Crippen molar-refractivity contribution in [2.24, 2.45) is 5.73 Å². The minimum Gasteiger partial charge on any atom is -0.326 e. The predicted molar refractivity (Wildman–Crippen MR) is 73.5 cm³/mol. The number of benzene rings is 1. The molecule has 0 aliphatic heterocycles. The highest BCUT2D eigenvalue weighted by atomic mass is 32.1. The molecule has 1 heterocycles. The lowest BCUT2D eigenvalue weighted by Gasteiger charge is -2.03. The van der Waals surface area contributed by atoms with Crippen LogP contribution in [0.2, 0.25) is 0 Å². The van der Waals surface area contributed by atoms with E-state index in [9.17, 15) is 9.18 Å². The number of carbonyl (C=O) groups is 1. The molecule has 0 aliphatic rings. The van der Waals surface area contributed by atoms with Crippen LogP contribution >= 0.6 is 11.3 Å². The Morgan fingerprint density at radius 3 is 2.74 bits per heavy atom. The van der Waals surface area contributed by atoms with Crippen LogP contribution in [0.4, 0.5) is 10.1 Å². The number of halogens is 1. The van der Waals surface area contributed by atoms with Gasteiger partial charge in [0.05, 0.1) is 18.2 Å². The molecular weight excluding hydrogens is 265 g/mol. The van der Waals surface area contributed by atoms with E-state index in [0.717, 1.165) is 5.01 Å². The van der Waals surface area contributed by atoms with Crippen molar-refractivity contribution in [3.8, 4) is 0 Å².